The molecular formula is C9H12N2OS. The first kappa shape index (κ1) is 8.69. The Balaban J connectivity index is 2.15. The zero-order chi connectivity index (χ0) is 9.47. The molecule has 0 N–H and O–H groups in total. The summed E-state index contributed by atoms with van der Waals surface area (Å²) in [4.78, 5) is 17.7. The van der Waals surface area contributed by atoms with E-state index in [0.29, 0.717) is 5.69 Å². The third kappa shape index (κ3) is 1.35. The molecule has 0 spiro atoms. The monoisotopic (exact) mass is 196 g/mol. The largest absolute Gasteiger partial charge is 0.332 e. The second kappa shape index (κ2) is 2.80. The average molecular weight is 196 g/mol. The molecule has 1 saturated heterocycles. The van der Waals surface area contributed by atoms with Gasteiger partial charge in [0.05, 0.1) is 5.51 Å². The number of nitrogens with zero attached hydrogens (tertiary/aromatic N) is 2. The van der Waals surface area contributed by atoms with E-state index in [1.54, 1.807) is 10.9 Å². The first-order chi connectivity index (χ1) is 6.11. The maximum atomic E-state index is 11.8. The van der Waals surface area contributed by atoms with Gasteiger partial charge >= 0.3 is 0 Å². The number of carbonyl (C=O) groups is 1. The molecule has 1 aromatic heterocycles. The van der Waals surface area contributed by atoms with Gasteiger partial charge in [0.25, 0.3) is 5.91 Å². The van der Waals surface area contributed by atoms with Crippen molar-refractivity contribution in [3.8, 4) is 0 Å². The van der Waals surface area contributed by atoms with Crippen molar-refractivity contribution in [1.29, 1.82) is 0 Å². The molecule has 3 nitrogen and oxygen atoms in total. The molecular weight excluding hydrogens is 184 g/mol. The Kier molecular flexibility index (Phi) is 1.87. The Bertz CT molecular complexity index is 318. The molecule has 0 saturated carbocycles. The molecule has 0 radical (unpaired) electrons. The summed E-state index contributed by atoms with van der Waals surface area (Å²) in [6.45, 7) is 5.03. The Labute approximate surface area is 81.4 Å². The Morgan fingerprint density at radius 1 is 1.69 bits per heavy atom. The smallest absolute Gasteiger partial charge is 0.273 e. The SMILES string of the molecule is CC1(C)CCN1C(=O)c1cscn1. The molecule has 2 heterocycles. The highest BCUT2D eigenvalue weighted by Gasteiger charge is 2.39. The standard InChI is InChI=1S/C9H12N2OS/c1-9(2)3-4-11(9)8(12)7-5-13-6-10-7/h5-6H,3-4H2,1-2H3. The molecule has 0 bridgehead atoms. The fourth-order valence-electron chi connectivity index (χ4n) is 1.50. The summed E-state index contributed by atoms with van der Waals surface area (Å²) in [5.74, 6) is 0.0671. The van der Waals surface area contributed by atoms with Crippen LogP contribution in [0.5, 0.6) is 0 Å². The zero-order valence-electron chi connectivity index (χ0n) is 7.78. The predicted octanol–water partition coefficient (Wildman–Crippen LogP) is 1.77. The Hall–Kier alpha value is -0.900. The van der Waals surface area contributed by atoms with Crippen molar-refractivity contribution in [3.63, 3.8) is 0 Å². The van der Waals surface area contributed by atoms with E-state index in [0.717, 1.165) is 13.0 Å². The van der Waals surface area contributed by atoms with Crippen LogP contribution in [0.25, 0.3) is 0 Å². The van der Waals surface area contributed by atoms with Crippen LogP contribution in [-0.2, 0) is 0 Å². The first-order valence-corrected chi connectivity index (χ1v) is 5.26. The van der Waals surface area contributed by atoms with Gasteiger partial charge in [0.2, 0.25) is 0 Å². The van der Waals surface area contributed by atoms with E-state index < -0.39 is 0 Å². The molecule has 1 fully saturated rings. The van der Waals surface area contributed by atoms with E-state index in [2.05, 4.69) is 18.8 Å². The molecule has 70 valence electrons. The van der Waals surface area contributed by atoms with Gasteiger partial charge in [-0.15, -0.1) is 11.3 Å². The van der Waals surface area contributed by atoms with Crippen LogP contribution in [-0.4, -0.2) is 27.9 Å². The van der Waals surface area contributed by atoms with Crippen LogP contribution in [0.15, 0.2) is 10.9 Å². The second-order valence-corrected chi connectivity index (χ2v) is 4.61. The number of amides is 1. The lowest BCUT2D eigenvalue weighted by atomic mass is 9.89. The van der Waals surface area contributed by atoms with E-state index in [-0.39, 0.29) is 11.4 Å². The van der Waals surface area contributed by atoms with Gasteiger partial charge in [0.1, 0.15) is 5.69 Å². The normalized spacial score (nSPS) is 19.7. The van der Waals surface area contributed by atoms with Crippen molar-refractivity contribution < 1.29 is 4.79 Å². The van der Waals surface area contributed by atoms with Gasteiger partial charge in [0.15, 0.2) is 0 Å². The Morgan fingerprint density at radius 3 is 2.85 bits per heavy atom. The summed E-state index contributed by atoms with van der Waals surface area (Å²) in [5.41, 5.74) is 2.30. The number of rotatable bonds is 1. The molecule has 1 aromatic rings. The van der Waals surface area contributed by atoms with E-state index in [1.807, 2.05) is 4.90 Å². The second-order valence-electron chi connectivity index (χ2n) is 3.89. The summed E-state index contributed by atoms with van der Waals surface area (Å²) < 4.78 is 0. The minimum Gasteiger partial charge on any atom is -0.332 e. The van der Waals surface area contributed by atoms with Crippen molar-refractivity contribution in [1.82, 2.24) is 9.88 Å². The van der Waals surface area contributed by atoms with Crippen LogP contribution >= 0.6 is 11.3 Å². The molecule has 0 unspecified atom stereocenters. The van der Waals surface area contributed by atoms with E-state index in [4.69, 9.17) is 0 Å². The molecule has 0 aromatic carbocycles. The van der Waals surface area contributed by atoms with Crippen LogP contribution < -0.4 is 0 Å². The third-order valence-electron chi connectivity index (χ3n) is 2.57. The number of thiazole rings is 1. The Morgan fingerprint density at radius 2 is 2.46 bits per heavy atom. The maximum absolute atomic E-state index is 11.8. The molecule has 2 rings (SSSR count). The van der Waals surface area contributed by atoms with E-state index in [9.17, 15) is 4.79 Å². The highest BCUT2D eigenvalue weighted by atomic mass is 32.1. The fraction of sp³-hybridized carbons (Fsp3) is 0.556. The summed E-state index contributed by atoms with van der Waals surface area (Å²) in [5, 5.41) is 1.80. The summed E-state index contributed by atoms with van der Waals surface area (Å²) in [6.07, 6.45) is 1.09. The number of likely N-dealkylation sites (tertiary alicyclic amines) is 1. The highest BCUT2D eigenvalue weighted by Crippen LogP contribution is 2.30. The van der Waals surface area contributed by atoms with Gasteiger partial charge in [-0.2, -0.15) is 0 Å². The van der Waals surface area contributed by atoms with E-state index in [1.165, 1.54) is 11.3 Å². The molecule has 1 aliphatic heterocycles. The minimum absolute atomic E-state index is 0.0285. The summed E-state index contributed by atoms with van der Waals surface area (Å²) >= 11 is 1.46. The quantitative estimate of drug-likeness (QED) is 0.685. The lowest BCUT2D eigenvalue weighted by molar-refractivity contribution is 0.0153. The van der Waals surface area contributed by atoms with Gasteiger partial charge in [-0.3, -0.25) is 4.79 Å². The average Bonchev–Trinajstić information content (AvgIpc) is 2.54. The van der Waals surface area contributed by atoms with Crippen molar-refractivity contribution in [3.05, 3.63) is 16.6 Å². The van der Waals surface area contributed by atoms with Gasteiger partial charge in [0, 0.05) is 17.5 Å². The predicted molar refractivity (Wildman–Crippen MR) is 51.8 cm³/mol. The van der Waals surface area contributed by atoms with Gasteiger partial charge in [-0.05, 0) is 20.3 Å². The van der Waals surface area contributed by atoms with Gasteiger partial charge in [-0.25, -0.2) is 4.98 Å². The minimum atomic E-state index is 0.0285. The summed E-state index contributed by atoms with van der Waals surface area (Å²) in [7, 11) is 0. The van der Waals surface area contributed by atoms with Gasteiger partial charge in [-0.1, -0.05) is 0 Å². The van der Waals surface area contributed by atoms with Crippen molar-refractivity contribution in [2.24, 2.45) is 0 Å². The summed E-state index contributed by atoms with van der Waals surface area (Å²) in [6, 6.07) is 0. The third-order valence-corrected chi connectivity index (χ3v) is 3.16. The lowest BCUT2D eigenvalue weighted by Crippen LogP contribution is -2.58. The van der Waals surface area contributed by atoms with E-state index >= 15 is 0 Å². The number of aromatic nitrogens is 1. The van der Waals surface area contributed by atoms with Gasteiger partial charge < -0.3 is 4.90 Å². The zero-order valence-corrected chi connectivity index (χ0v) is 8.60. The molecule has 1 aliphatic rings. The number of carbonyl (C=O) groups excluding carboxylic acids is 1. The topological polar surface area (TPSA) is 33.2 Å². The molecule has 0 aliphatic carbocycles. The highest BCUT2D eigenvalue weighted by molar-refractivity contribution is 7.07. The maximum Gasteiger partial charge on any atom is 0.273 e. The van der Waals surface area contributed by atoms with Crippen LogP contribution in [0.1, 0.15) is 30.8 Å². The van der Waals surface area contributed by atoms with Crippen molar-refractivity contribution >= 4 is 17.2 Å². The fourth-order valence-corrected chi connectivity index (χ4v) is 2.03. The van der Waals surface area contributed by atoms with Crippen LogP contribution in [0, 0.1) is 0 Å². The first-order valence-electron chi connectivity index (χ1n) is 4.31. The van der Waals surface area contributed by atoms with Crippen LogP contribution in [0.3, 0.4) is 0 Å². The molecule has 13 heavy (non-hydrogen) atoms. The number of hydrogen-bond donors (Lipinski definition) is 0. The molecule has 0 atom stereocenters. The van der Waals surface area contributed by atoms with Crippen LogP contribution in [0.2, 0.25) is 0 Å². The molecule has 1 amide bonds. The lowest BCUT2D eigenvalue weighted by Gasteiger charge is -2.48. The van der Waals surface area contributed by atoms with Crippen molar-refractivity contribution in [2.45, 2.75) is 25.8 Å². The molecule has 4 heteroatoms. The van der Waals surface area contributed by atoms with Crippen LogP contribution in [0.4, 0.5) is 0 Å². The number of hydrogen-bond acceptors (Lipinski definition) is 3. The van der Waals surface area contributed by atoms with Crippen molar-refractivity contribution in [2.75, 3.05) is 6.54 Å².